The van der Waals surface area contributed by atoms with Gasteiger partial charge in [-0.2, -0.15) is 18.4 Å². The molecule has 1 rings (SSSR count). The van der Waals surface area contributed by atoms with Crippen LogP contribution in [0.15, 0.2) is 18.2 Å². The summed E-state index contributed by atoms with van der Waals surface area (Å²) in [6, 6.07) is 5.49. The van der Waals surface area contributed by atoms with E-state index in [1.807, 2.05) is 6.07 Å². The molecular formula is C11H10ClF3N2. The van der Waals surface area contributed by atoms with Crippen LogP contribution in [0.25, 0.3) is 0 Å². The summed E-state index contributed by atoms with van der Waals surface area (Å²) >= 11 is 5.72. The summed E-state index contributed by atoms with van der Waals surface area (Å²) in [6.45, 7) is 1.72. The topological polar surface area (TPSA) is 35.8 Å². The maximum atomic E-state index is 12.7. The number of hydrogen-bond donors (Lipinski definition) is 1. The first-order valence-corrected chi connectivity index (χ1v) is 5.23. The second-order valence-electron chi connectivity index (χ2n) is 3.57. The van der Waals surface area contributed by atoms with E-state index in [2.05, 4.69) is 5.32 Å². The van der Waals surface area contributed by atoms with Crippen molar-refractivity contribution in [2.24, 2.45) is 5.92 Å². The van der Waals surface area contributed by atoms with Crippen LogP contribution in [0.4, 0.5) is 18.9 Å². The Kier molecular flexibility index (Phi) is 4.24. The Bertz CT molecular complexity index is 437. The van der Waals surface area contributed by atoms with Gasteiger partial charge in [0.05, 0.1) is 28.3 Å². The highest BCUT2D eigenvalue weighted by molar-refractivity contribution is 6.33. The van der Waals surface area contributed by atoms with Crippen molar-refractivity contribution in [2.75, 3.05) is 11.9 Å². The number of nitrogens with one attached hydrogen (secondary N) is 1. The highest BCUT2D eigenvalue weighted by Crippen LogP contribution is 2.38. The van der Waals surface area contributed by atoms with E-state index in [1.165, 1.54) is 12.1 Å². The van der Waals surface area contributed by atoms with Gasteiger partial charge in [0.25, 0.3) is 0 Å². The number of benzene rings is 1. The first kappa shape index (κ1) is 13.7. The molecule has 0 saturated heterocycles. The minimum Gasteiger partial charge on any atom is -0.382 e. The molecule has 17 heavy (non-hydrogen) atoms. The van der Waals surface area contributed by atoms with Gasteiger partial charge in [0, 0.05) is 6.54 Å². The van der Waals surface area contributed by atoms with Crippen LogP contribution in [0.2, 0.25) is 5.02 Å². The fourth-order valence-electron chi connectivity index (χ4n) is 1.24. The minimum atomic E-state index is -4.47. The van der Waals surface area contributed by atoms with Crippen LogP contribution in [0, 0.1) is 17.2 Å². The van der Waals surface area contributed by atoms with Gasteiger partial charge in [0.1, 0.15) is 0 Å². The Morgan fingerprint density at radius 1 is 1.47 bits per heavy atom. The zero-order valence-electron chi connectivity index (χ0n) is 8.98. The molecule has 1 unspecified atom stereocenters. The number of hydrogen-bond acceptors (Lipinski definition) is 2. The van der Waals surface area contributed by atoms with Gasteiger partial charge in [-0.05, 0) is 19.1 Å². The molecule has 0 bridgehead atoms. The lowest BCUT2D eigenvalue weighted by molar-refractivity contribution is -0.136. The normalized spacial score (nSPS) is 12.9. The molecule has 0 fully saturated rings. The van der Waals surface area contributed by atoms with Crippen LogP contribution < -0.4 is 5.32 Å². The average molecular weight is 263 g/mol. The number of nitriles is 1. The fourth-order valence-corrected chi connectivity index (χ4v) is 1.48. The third-order valence-electron chi connectivity index (χ3n) is 2.12. The minimum absolute atomic E-state index is 0.00929. The van der Waals surface area contributed by atoms with Crippen LogP contribution in [-0.4, -0.2) is 6.54 Å². The van der Waals surface area contributed by atoms with E-state index in [-0.39, 0.29) is 17.3 Å². The summed E-state index contributed by atoms with van der Waals surface area (Å²) in [6.07, 6.45) is -4.47. The Balaban J connectivity index is 3.01. The van der Waals surface area contributed by atoms with Crippen molar-refractivity contribution in [3.63, 3.8) is 0 Å². The van der Waals surface area contributed by atoms with Crippen molar-refractivity contribution in [1.29, 1.82) is 5.26 Å². The predicted molar refractivity (Wildman–Crippen MR) is 59.7 cm³/mol. The van der Waals surface area contributed by atoms with Crippen LogP contribution in [0.5, 0.6) is 0 Å². The standard InChI is InChI=1S/C11H10ClF3N2/c1-7(5-16)6-17-10-8(11(13,14)15)3-2-4-9(10)12/h2-4,7,17H,6H2,1H3. The van der Waals surface area contributed by atoms with Gasteiger partial charge in [-0.3, -0.25) is 0 Å². The zero-order chi connectivity index (χ0) is 13.1. The molecule has 1 aromatic rings. The summed E-state index contributed by atoms with van der Waals surface area (Å²) in [5, 5.41) is 11.1. The van der Waals surface area contributed by atoms with E-state index in [4.69, 9.17) is 16.9 Å². The molecular weight excluding hydrogens is 253 g/mol. The van der Waals surface area contributed by atoms with Gasteiger partial charge >= 0.3 is 6.18 Å². The molecule has 1 atom stereocenters. The van der Waals surface area contributed by atoms with Crippen molar-refractivity contribution >= 4 is 17.3 Å². The highest BCUT2D eigenvalue weighted by Gasteiger charge is 2.34. The van der Waals surface area contributed by atoms with Crippen molar-refractivity contribution in [3.05, 3.63) is 28.8 Å². The van der Waals surface area contributed by atoms with Crippen molar-refractivity contribution < 1.29 is 13.2 Å². The fraction of sp³-hybridized carbons (Fsp3) is 0.364. The molecule has 1 aromatic carbocycles. The van der Waals surface area contributed by atoms with Crippen LogP contribution in [0.3, 0.4) is 0 Å². The number of alkyl halides is 3. The third kappa shape index (κ3) is 3.53. The molecule has 92 valence electrons. The Morgan fingerprint density at radius 3 is 2.65 bits per heavy atom. The Labute approximate surface area is 102 Å². The lowest BCUT2D eigenvalue weighted by Crippen LogP contribution is -2.15. The Hall–Kier alpha value is -1.41. The predicted octanol–water partition coefficient (Wildman–Crippen LogP) is 3.93. The van der Waals surface area contributed by atoms with Crippen LogP contribution in [0.1, 0.15) is 12.5 Å². The molecule has 0 aliphatic carbocycles. The second kappa shape index (κ2) is 5.28. The molecule has 0 radical (unpaired) electrons. The second-order valence-corrected chi connectivity index (χ2v) is 3.98. The molecule has 0 saturated carbocycles. The smallest absolute Gasteiger partial charge is 0.382 e. The molecule has 1 N–H and O–H groups in total. The van der Waals surface area contributed by atoms with Gasteiger partial charge in [-0.1, -0.05) is 17.7 Å². The summed E-state index contributed by atoms with van der Waals surface area (Å²) in [5.74, 6) is -0.396. The Morgan fingerprint density at radius 2 is 2.12 bits per heavy atom. The van der Waals surface area contributed by atoms with Crippen molar-refractivity contribution in [3.8, 4) is 6.07 Å². The summed E-state index contributed by atoms with van der Waals surface area (Å²) in [7, 11) is 0. The molecule has 0 amide bonds. The van der Waals surface area contributed by atoms with Gasteiger partial charge in [0.15, 0.2) is 0 Å². The van der Waals surface area contributed by atoms with Crippen molar-refractivity contribution in [2.45, 2.75) is 13.1 Å². The van der Waals surface area contributed by atoms with E-state index in [0.29, 0.717) is 0 Å². The first-order valence-electron chi connectivity index (χ1n) is 4.85. The van der Waals surface area contributed by atoms with Crippen molar-refractivity contribution in [1.82, 2.24) is 0 Å². The summed E-state index contributed by atoms with van der Waals surface area (Å²) in [5.41, 5.74) is -1.00. The van der Waals surface area contributed by atoms with Gasteiger partial charge in [-0.15, -0.1) is 0 Å². The molecule has 0 spiro atoms. The first-order chi connectivity index (χ1) is 7.86. The van der Waals surface area contributed by atoms with E-state index in [9.17, 15) is 13.2 Å². The number of anilines is 1. The van der Waals surface area contributed by atoms with E-state index >= 15 is 0 Å². The molecule has 0 heterocycles. The van der Waals surface area contributed by atoms with E-state index < -0.39 is 17.7 Å². The number of rotatable bonds is 3. The van der Waals surface area contributed by atoms with Gasteiger partial charge in [0.2, 0.25) is 0 Å². The molecule has 6 heteroatoms. The van der Waals surface area contributed by atoms with Crippen LogP contribution in [-0.2, 0) is 6.18 Å². The number of para-hydroxylation sites is 1. The molecule has 0 aromatic heterocycles. The lowest BCUT2D eigenvalue weighted by Gasteiger charge is -2.16. The average Bonchev–Trinajstić information content (AvgIpc) is 2.25. The van der Waals surface area contributed by atoms with E-state index in [0.717, 1.165) is 6.07 Å². The van der Waals surface area contributed by atoms with Crippen LogP contribution >= 0.6 is 11.6 Å². The third-order valence-corrected chi connectivity index (χ3v) is 2.44. The van der Waals surface area contributed by atoms with E-state index in [1.54, 1.807) is 6.92 Å². The zero-order valence-corrected chi connectivity index (χ0v) is 9.73. The maximum Gasteiger partial charge on any atom is 0.418 e. The molecule has 0 aliphatic heterocycles. The SMILES string of the molecule is CC(C#N)CNc1c(Cl)cccc1C(F)(F)F. The summed E-state index contributed by atoms with van der Waals surface area (Å²) < 4.78 is 38.0. The highest BCUT2D eigenvalue weighted by atomic mass is 35.5. The quantitative estimate of drug-likeness (QED) is 0.896. The molecule has 2 nitrogen and oxygen atoms in total. The lowest BCUT2D eigenvalue weighted by atomic mass is 10.1. The van der Waals surface area contributed by atoms with Gasteiger partial charge < -0.3 is 5.32 Å². The largest absolute Gasteiger partial charge is 0.418 e. The monoisotopic (exact) mass is 262 g/mol. The molecule has 0 aliphatic rings. The number of nitrogens with zero attached hydrogens (tertiary/aromatic N) is 1. The maximum absolute atomic E-state index is 12.7. The number of halogens is 4. The summed E-state index contributed by atoms with van der Waals surface area (Å²) in [4.78, 5) is 0. The van der Waals surface area contributed by atoms with Gasteiger partial charge in [-0.25, -0.2) is 0 Å².